The molecule has 1 aliphatic carbocycles. The number of nitrogens with one attached hydrogen (secondary N) is 1. The number of halogens is 3. The van der Waals surface area contributed by atoms with Crippen molar-refractivity contribution >= 4 is 6.29 Å². The molecule has 0 radical (unpaired) electrons. The summed E-state index contributed by atoms with van der Waals surface area (Å²) in [6, 6.07) is 0. The highest BCUT2D eigenvalue weighted by Gasteiger charge is 2.28. The maximum Gasteiger partial charge on any atom is 0.446 e. The molecule has 1 N–H and O–H groups in total. The van der Waals surface area contributed by atoms with E-state index in [1.54, 1.807) is 0 Å². The quantitative estimate of drug-likeness (QED) is 0.778. The van der Waals surface area contributed by atoms with Gasteiger partial charge in [-0.1, -0.05) is 0 Å². The van der Waals surface area contributed by atoms with Crippen LogP contribution in [0.25, 0.3) is 0 Å². The minimum atomic E-state index is -4.64. The highest BCUT2D eigenvalue weighted by atomic mass is 19.4. The number of fused-ring (bicyclic) bond motifs is 1. The molecule has 1 aliphatic heterocycles. The Hall–Kier alpha value is -1.57. The Labute approximate surface area is 107 Å². The molecule has 8 heteroatoms. The monoisotopic (exact) mass is 274 g/mol. The molecule has 19 heavy (non-hydrogen) atoms. The van der Waals surface area contributed by atoms with Gasteiger partial charge >= 0.3 is 6.18 Å². The van der Waals surface area contributed by atoms with Crippen LogP contribution in [0.4, 0.5) is 13.2 Å². The van der Waals surface area contributed by atoms with Crippen molar-refractivity contribution < 1.29 is 18.0 Å². The zero-order valence-corrected chi connectivity index (χ0v) is 10.1. The van der Waals surface area contributed by atoms with Crippen molar-refractivity contribution in [2.75, 3.05) is 6.54 Å². The first-order chi connectivity index (χ1) is 8.99. The Morgan fingerprint density at radius 2 is 1.89 bits per heavy atom. The third-order valence-electron chi connectivity index (χ3n) is 2.76. The smallest absolute Gasteiger partial charge is 0.311 e. The Bertz CT molecular complexity index is 460. The van der Waals surface area contributed by atoms with E-state index in [1.807, 2.05) is 0 Å². The van der Waals surface area contributed by atoms with E-state index in [1.165, 1.54) is 12.8 Å². The molecule has 1 saturated carbocycles. The van der Waals surface area contributed by atoms with Gasteiger partial charge in [-0.3, -0.25) is 4.79 Å². The second-order valence-electron chi connectivity index (χ2n) is 4.42. The number of hydrogen-bond acceptors (Lipinski definition) is 5. The summed E-state index contributed by atoms with van der Waals surface area (Å²) in [5.74, 6) is 1.59. The molecule has 2 heterocycles. The lowest BCUT2D eigenvalue weighted by Crippen LogP contribution is -2.26. The number of rotatable bonds is 1. The molecule has 5 nitrogen and oxygen atoms in total. The van der Waals surface area contributed by atoms with Crippen LogP contribution in [0, 0.1) is 0 Å². The van der Waals surface area contributed by atoms with Crippen molar-refractivity contribution in [3.63, 3.8) is 0 Å². The van der Waals surface area contributed by atoms with E-state index in [2.05, 4.69) is 20.5 Å². The number of carbonyl (C=O) groups excluding carboxylic acids is 1. The van der Waals surface area contributed by atoms with Gasteiger partial charge in [-0.2, -0.15) is 18.3 Å². The summed E-state index contributed by atoms with van der Waals surface area (Å²) in [6.45, 7) is 1.86. The van der Waals surface area contributed by atoms with E-state index in [0.717, 1.165) is 36.7 Å². The van der Waals surface area contributed by atoms with Crippen molar-refractivity contribution in [3.8, 4) is 0 Å². The lowest BCUT2D eigenvalue weighted by atomic mass is 10.2. The van der Waals surface area contributed by atoms with Crippen molar-refractivity contribution in [2.45, 2.75) is 37.9 Å². The number of carbonyl (C=O) groups is 1. The van der Waals surface area contributed by atoms with Crippen molar-refractivity contribution in [2.24, 2.45) is 0 Å². The molecule has 1 aromatic heterocycles. The van der Waals surface area contributed by atoms with Gasteiger partial charge in [0.05, 0.1) is 11.4 Å². The average molecular weight is 274 g/mol. The zero-order chi connectivity index (χ0) is 13.9. The number of nitrogens with zero attached hydrogens (tertiary/aromatic N) is 3. The van der Waals surface area contributed by atoms with Gasteiger partial charge < -0.3 is 5.32 Å². The Balaban J connectivity index is 0.000000192. The van der Waals surface area contributed by atoms with Gasteiger partial charge in [-0.15, -0.1) is 5.10 Å². The molecule has 1 fully saturated rings. The molecule has 2 aliphatic rings. The fourth-order valence-electron chi connectivity index (χ4n) is 1.66. The fourth-order valence-corrected chi connectivity index (χ4v) is 1.66. The third-order valence-corrected chi connectivity index (χ3v) is 2.76. The Morgan fingerprint density at radius 3 is 2.47 bits per heavy atom. The van der Waals surface area contributed by atoms with E-state index in [9.17, 15) is 13.2 Å². The van der Waals surface area contributed by atoms with Crippen molar-refractivity contribution in [1.29, 1.82) is 0 Å². The van der Waals surface area contributed by atoms with E-state index < -0.39 is 12.5 Å². The number of aromatic nitrogens is 3. The molecule has 0 amide bonds. The maximum atomic E-state index is 10.4. The molecule has 1 aromatic rings. The lowest BCUT2D eigenvalue weighted by molar-refractivity contribution is -0.156. The second-order valence-corrected chi connectivity index (χ2v) is 4.42. The van der Waals surface area contributed by atoms with Crippen LogP contribution in [0.2, 0.25) is 0 Å². The summed E-state index contributed by atoms with van der Waals surface area (Å²) in [5, 5.41) is 11.6. The van der Waals surface area contributed by atoms with Crippen LogP contribution in [-0.4, -0.2) is 34.2 Å². The topological polar surface area (TPSA) is 67.8 Å². The summed E-state index contributed by atoms with van der Waals surface area (Å²) in [6.07, 6.45) is -2.20. The summed E-state index contributed by atoms with van der Waals surface area (Å²) >= 11 is 0. The van der Waals surface area contributed by atoms with E-state index >= 15 is 0 Å². The third kappa shape index (κ3) is 4.23. The zero-order valence-electron chi connectivity index (χ0n) is 10.1. The van der Waals surface area contributed by atoms with Crippen LogP contribution in [0.1, 0.15) is 36.0 Å². The first-order valence-corrected chi connectivity index (χ1v) is 5.96. The van der Waals surface area contributed by atoms with Crippen LogP contribution in [0.5, 0.6) is 0 Å². The van der Waals surface area contributed by atoms with E-state index in [0.29, 0.717) is 5.92 Å². The minimum absolute atomic E-state index is 0.618. The largest absolute Gasteiger partial charge is 0.446 e. The predicted molar refractivity (Wildman–Crippen MR) is 59.3 cm³/mol. The lowest BCUT2D eigenvalue weighted by Gasteiger charge is -2.14. The molecule has 0 spiro atoms. The van der Waals surface area contributed by atoms with Gasteiger partial charge in [-0.05, 0) is 12.8 Å². The molecule has 0 unspecified atom stereocenters. The van der Waals surface area contributed by atoms with Gasteiger partial charge in [0, 0.05) is 25.4 Å². The molecule has 0 saturated heterocycles. The molecule has 0 atom stereocenters. The second kappa shape index (κ2) is 5.60. The maximum absolute atomic E-state index is 10.4. The van der Waals surface area contributed by atoms with Gasteiger partial charge in [0.15, 0.2) is 5.82 Å². The molecule has 3 rings (SSSR count). The standard InChI is InChI=1S/C9H12N4.C2HF3O/c1-2-6(1)9-11-7-3-4-10-5-8(7)12-13-9;3-2(4,5)1-6/h6,10H,1-5H2;1H. The SMILES string of the molecule is C1Cc2nc(C3CC3)nnc2CN1.O=CC(F)(F)F. The number of aldehydes is 1. The minimum Gasteiger partial charge on any atom is -0.311 e. The van der Waals surface area contributed by atoms with Gasteiger partial charge in [0.25, 0.3) is 0 Å². The number of hydrogen-bond donors (Lipinski definition) is 1. The van der Waals surface area contributed by atoms with Crippen LogP contribution < -0.4 is 5.32 Å². The van der Waals surface area contributed by atoms with Gasteiger partial charge in [0.2, 0.25) is 6.29 Å². The number of alkyl halides is 3. The highest BCUT2D eigenvalue weighted by molar-refractivity contribution is 5.56. The molecule has 104 valence electrons. The highest BCUT2D eigenvalue weighted by Crippen LogP contribution is 2.37. The van der Waals surface area contributed by atoms with Crippen molar-refractivity contribution in [1.82, 2.24) is 20.5 Å². The Kier molecular flexibility index (Phi) is 4.08. The van der Waals surface area contributed by atoms with Crippen LogP contribution in [0.15, 0.2) is 0 Å². The van der Waals surface area contributed by atoms with Crippen LogP contribution >= 0.6 is 0 Å². The molecule has 0 bridgehead atoms. The Morgan fingerprint density at radius 1 is 1.21 bits per heavy atom. The van der Waals surface area contributed by atoms with Crippen LogP contribution in [-0.2, 0) is 17.8 Å². The molecular weight excluding hydrogens is 261 g/mol. The van der Waals surface area contributed by atoms with Crippen molar-refractivity contribution in [3.05, 3.63) is 17.2 Å². The summed E-state index contributed by atoms with van der Waals surface area (Å²) < 4.78 is 31.2. The molecular formula is C11H13F3N4O. The average Bonchev–Trinajstić information content (AvgIpc) is 3.22. The summed E-state index contributed by atoms with van der Waals surface area (Å²) in [4.78, 5) is 13.3. The summed E-state index contributed by atoms with van der Waals surface area (Å²) in [7, 11) is 0. The fraction of sp³-hybridized carbons (Fsp3) is 0.636. The van der Waals surface area contributed by atoms with Gasteiger partial charge in [-0.25, -0.2) is 4.98 Å². The van der Waals surface area contributed by atoms with E-state index in [-0.39, 0.29) is 0 Å². The first kappa shape index (κ1) is 13.9. The van der Waals surface area contributed by atoms with Crippen LogP contribution in [0.3, 0.4) is 0 Å². The van der Waals surface area contributed by atoms with E-state index in [4.69, 9.17) is 4.79 Å². The normalized spacial score (nSPS) is 18.1. The van der Waals surface area contributed by atoms with Gasteiger partial charge in [0.1, 0.15) is 0 Å². The first-order valence-electron chi connectivity index (χ1n) is 5.96. The molecule has 0 aromatic carbocycles. The predicted octanol–water partition coefficient (Wildman–Crippen LogP) is 1.14. The summed E-state index contributed by atoms with van der Waals surface area (Å²) in [5.41, 5.74) is 2.20.